The second kappa shape index (κ2) is 11.1. The third-order valence-corrected chi connectivity index (χ3v) is 7.25. The standard InChI is InChI=1S/C31H29N5O2S/c1-31(2,3)23-16-13-22(14-17-23)29-34-35-30(36(29)24-10-5-4-6-11-24)39-20-28(38)33-32-19-26-25-12-8-7-9-21(25)15-18-27(26)37/h4-19,37H,20H2,1-3H3,(H,33,38). The molecule has 8 heteroatoms. The lowest BCUT2D eigenvalue weighted by atomic mass is 9.87. The van der Waals surface area contributed by atoms with Crippen LogP contribution in [0.25, 0.3) is 27.8 Å². The fourth-order valence-corrected chi connectivity index (χ4v) is 4.97. The molecule has 2 N–H and O–H groups in total. The molecule has 0 unspecified atom stereocenters. The van der Waals surface area contributed by atoms with E-state index in [9.17, 15) is 9.90 Å². The number of phenolic OH excluding ortho intramolecular Hbond substituents is 1. The molecular formula is C31H29N5O2S. The van der Waals surface area contributed by atoms with Crippen LogP contribution in [0.3, 0.4) is 0 Å². The summed E-state index contributed by atoms with van der Waals surface area (Å²) in [5.74, 6) is 0.594. The number of nitrogens with zero attached hydrogens (tertiary/aromatic N) is 4. The summed E-state index contributed by atoms with van der Waals surface area (Å²) in [6, 6.07) is 29.3. The molecule has 1 heterocycles. The summed E-state index contributed by atoms with van der Waals surface area (Å²) >= 11 is 1.28. The SMILES string of the molecule is CC(C)(C)c1ccc(-c2nnc(SCC(=O)NN=Cc3c(O)ccc4ccccc34)n2-c2ccccc2)cc1. The number of fused-ring (bicyclic) bond motifs is 1. The molecular weight excluding hydrogens is 506 g/mol. The van der Waals surface area contributed by atoms with E-state index in [1.54, 1.807) is 6.07 Å². The van der Waals surface area contributed by atoms with Crippen LogP contribution in [0, 0.1) is 0 Å². The maximum absolute atomic E-state index is 12.6. The highest BCUT2D eigenvalue weighted by atomic mass is 32.2. The number of carbonyl (C=O) groups is 1. The predicted molar refractivity (Wildman–Crippen MR) is 158 cm³/mol. The van der Waals surface area contributed by atoms with Crippen LogP contribution < -0.4 is 5.43 Å². The van der Waals surface area contributed by atoms with Crippen LogP contribution in [-0.4, -0.2) is 37.7 Å². The van der Waals surface area contributed by atoms with E-state index < -0.39 is 0 Å². The van der Waals surface area contributed by atoms with E-state index in [2.05, 4.69) is 65.8 Å². The molecule has 5 rings (SSSR count). The predicted octanol–water partition coefficient (Wildman–Crippen LogP) is 6.33. The van der Waals surface area contributed by atoms with E-state index in [-0.39, 0.29) is 22.8 Å². The van der Waals surface area contributed by atoms with Gasteiger partial charge in [-0.25, -0.2) is 5.43 Å². The summed E-state index contributed by atoms with van der Waals surface area (Å²) < 4.78 is 1.96. The Kier molecular flexibility index (Phi) is 7.47. The van der Waals surface area contributed by atoms with Crippen molar-refractivity contribution in [1.29, 1.82) is 0 Å². The lowest BCUT2D eigenvalue weighted by Crippen LogP contribution is -2.20. The molecule has 0 atom stereocenters. The number of phenols is 1. The van der Waals surface area contributed by atoms with E-state index in [0.29, 0.717) is 16.5 Å². The molecule has 4 aromatic carbocycles. The summed E-state index contributed by atoms with van der Waals surface area (Å²) in [4.78, 5) is 12.6. The Morgan fingerprint density at radius 1 is 0.949 bits per heavy atom. The lowest BCUT2D eigenvalue weighted by Gasteiger charge is -2.19. The Bertz CT molecular complexity index is 1640. The molecule has 0 radical (unpaired) electrons. The Morgan fingerprint density at radius 2 is 1.67 bits per heavy atom. The minimum Gasteiger partial charge on any atom is -0.507 e. The van der Waals surface area contributed by atoms with E-state index in [4.69, 9.17) is 0 Å². The summed E-state index contributed by atoms with van der Waals surface area (Å²) in [6.45, 7) is 6.55. The Balaban J connectivity index is 1.34. The molecule has 0 bridgehead atoms. The van der Waals surface area contributed by atoms with Gasteiger partial charge in [0.2, 0.25) is 0 Å². The van der Waals surface area contributed by atoms with Crippen molar-refractivity contribution in [1.82, 2.24) is 20.2 Å². The number of benzene rings is 4. The molecule has 1 aromatic heterocycles. The van der Waals surface area contributed by atoms with Gasteiger partial charge in [0.1, 0.15) is 5.75 Å². The first-order valence-electron chi connectivity index (χ1n) is 12.6. The van der Waals surface area contributed by atoms with Gasteiger partial charge in [-0.05, 0) is 39.9 Å². The summed E-state index contributed by atoms with van der Waals surface area (Å²) in [6.07, 6.45) is 1.46. The molecule has 7 nitrogen and oxygen atoms in total. The van der Waals surface area contributed by atoms with Crippen LogP contribution in [0.4, 0.5) is 0 Å². The highest BCUT2D eigenvalue weighted by Crippen LogP contribution is 2.30. The smallest absolute Gasteiger partial charge is 0.250 e. The zero-order valence-corrected chi connectivity index (χ0v) is 22.8. The number of aromatic nitrogens is 3. The molecule has 0 saturated heterocycles. The number of amides is 1. The van der Waals surface area contributed by atoms with Crippen LogP contribution >= 0.6 is 11.8 Å². The van der Waals surface area contributed by atoms with Crippen molar-refractivity contribution in [2.24, 2.45) is 5.10 Å². The summed E-state index contributed by atoms with van der Waals surface area (Å²) in [7, 11) is 0. The third-order valence-electron chi connectivity index (χ3n) is 6.32. The molecule has 196 valence electrons. The van der Waals surface area contributed by atoms with Gasteiger partial charge in [0, 0.05) is 16.8 Å². The minimum atomic E-state index is -0.297. The summed E-state index contributed by atoms with van der Waals surface area (Å²) in [5, 5.41) is 25.7. The first-order valence-corrected chi connectivity index (χ1v) is 13.6. The van der Waals surface area contributed by atoms with Gasteiger partial charge < -0.3 is 5.11 Å². The van der Waals surface area contributed by atoms with Crippen LogP contribution in [-0.2, 0) is 10.2 Å². The molecule has 0 saturated carbocycles. The quantitative estimate of drug-likeness (QED) is 0.144. The van der Waals surface area contributed by atoms with Crippen molar-refractivity contribution < 1.29 is 9.90 Å². The van der Waals surface area contributed by atoms with Gasteiger partial charge >= 0.3 is 0 Å². The zero-order valence-electron chi connectivity index (χ0n) is 22.0. The Morgan fingerprint density at radius 3 is 2.41 bits per heavy atom. The van der Waals surface area contributed by atoms with Gasteiger partial charge in [-0.2, -0.15) is 5.10 Å². The molecule has 39 heavy (non-hydrogen) atoms. The molecule has 1 amide bonds. The van der Waals surface area contributed by atoms with E-state index in [1.165, 1.54) is 23.5 Å². The number of para-hydroxylation sites is 1. The van der Waals surface area contributed by atoms with Crippen LogP contribution in [0.5, 0.6) is 5.75 Å². The van der Waals surface area contributed by atoms with E-state index in [0.717, 1.165) is 22.0 Å². The van der Waals surface area contributed by atoms with Gasteiger partial charge in [-0.3, -0.25) is 9.36 Å². The van der Waals surface area contributed by atoms with E-state index in [1.807, 2.05) is 65.2 Å². The number of hydrazone groups is 1. The van der Waals surface area contributed by atoms with Crippen LogP contribution in [0.15, 0.2) is 101 Å². The minimum absolute atomic E-state index is 0.0504. The van der Waals surface area contributed by atoms with Crippen LogP contribution in [0.1, 0.15) is 31.9 Å². The van der Waals surface area contributed by atoms with Gasteiger partial charge in [-0.15, -0.1) is 10.2 Å². The number of hydrogen-bond donors (Lipinski definition) is 2. The van der Waals surface area contributed by atoms with Crippen molar-refractivity contribution >= 4 is 34.7 Å². The number of nitrogens with one attached hydrogen (secondary N) is 1. The fraction of sp³-hybridized carbons (Fsp3) is 0.161. The number of aromatic hydroxyl groups is 1. The monoisotopic (exact) mass is 535 g/mol. The van der Waals surface area contributed by atoms with Crippen molar-refractivity contribution in [3.63, 3.8) is 0 Å². The first kappa shape index (κ1) is 26.2. The fourth-order valence-electron chi connectivity index (χ4n) is 4.23. The third kappa shape index (κ3) is 5.86. The summed E-state index contributed by atoms with van der Waals surface area (Å²) in [5.41, 5.74) is 6.23. The van der Waals surface area contributed by atoms with Crippen molar-refractivity contribution in [2.45, 2.75) is 31.3 Å². The molecule has 0 spiro atoms. The van der Waals surface area contributed by atoms with Gasteiger partial charge in [0.15, 0.2) is 11.0 Å². The molecule has 5 aromatic rings. The number of rotatable bonds is 7. The highest BCUT2D eigenvalue weighted by molar-refractivity contribution is 7.99. The first-order chi connectivity index (χ1) is 18.8. The van der Waals surface area contributed by atoms with Crippen molar-refractivity contribution in [3.05, 3.63) is 102 Å². The molecule has 0 aliphatic carbocycles. The average Bonchev–Trinajstić information content (AvgIpc) is 3.37. The number of carbonyl (C=O) groups excluding carboxylic acids is 1. The highest BCUT2D eigenvalue weighted by Gasteiger charge is 2.19. The van der Waals surface area contributed by atoms with Gasteiger partial charge in [0.25, 0.3) is 5.91 Å². The Hall–Kier alpha value is -4.43. The normalized spacial score (nSPS) is 11.8. The lowest BCUT2D eigenvalue weighted by molar-refractivity contribution is -0.118. The van der Waals surface area contributed by atoms with Crippen LogP contribution in [0.2, 0.25) is 0 Å². The van der Waals surface area contributed by atoms with Gasteiger partial charge in [-0.1, -0.05) is 105 Å². The maximum Gasteiger partial charge on any atom is 0.250 e. The maximum atomic E-state index is 12.6. The average molecular weight is 536 g/mol. The Labute approximate surface area is 231 Å². The van der Waals surface area contributed by atoms with Gasteiger partial charge in [0.05, 0.1) is 12.0 Å². The second-order valence-corrected chi connectivity index (χ2v) is 11.0. The van der Waals surface area contributed by atoms with Crippen molar-refractivity contribution in [3.8, 4) is 22.8 Å². The number of thioether (sulfide) groups is 1. The molecule has 0 fully saturated rings. The molecule has 0 aliphatic rings. The largest absolute Gasteiger partial charge is 0.507 e. The van der Waals surface area contributed by atoms with Crippen molar-refractivity contribution in [2.75, 3.05) is 5.75 Å². The van der Waals surface area contributed by atoms with E-state index >= 15 is 0 Å². The second-order valence-electron chi connectivity index (χ2n) is 10.1. The number of hydrogen-bond acceptors (Lipinski definition) is 6. The topological polar surface area (TPSA) is 92.4 Å². The molecule has 0 aliphatic heterocycles. The zero-order chi connectivity index (χ0) is 27.4.